The fourth-order valence-electron chi connectivity index (χ4n) is 2.32. The molecule has 2 aromatic rings. The van der Waals surface area contributed by atoms with Crippen molar-refractivity contribution in [2.24, 2.45) is 0 Å². The van der Waals surface area contributed by atoms with E-state index in [9.17, 15) is 0 Å². The lowest BCUT2D eigenvalue weighted by molar-refractivity contribution is 0.133. The van der Waals surface area contributed by atoms with E-state index in [1.165, 1.54) is 22.3 Å². The third-order valence-corrected chi connectivity index (χ3v) is 3.76. The highest BCUT2D eigenvalue weighted by molar-refractivity contribution is 5.27. The van der Waals surface area contributed by atoms with Crippen LogP contribution in [-0.2, 0) is 17.9 Å². The minimum atomic E-state index is 0.339. The van der Waals surface area contributed by atoms with Crippen LogP contribution in [0.5, 0.6) is 0 Å². The van der Waals surface area contributed by atoms with Gasteiger partial charge in [-0.25, -0.2) is 0 Å². The van der Waals surface area contributed by atoms with Gasteiger partial charge in [0.25, 0.3) is 0 Å². The second-order valence-corrected chi connectivity index (χ2v) is 5.42. The first-order chi connectivity index (χ1) is 10.2. The first-order valence-electron chi connectivity index (χ1n) is 7.65. The molecule has 21 heavy (non-hydrogen) atoms. The van der Waals surface area contributed by atoms with Gasteiger partial charge in [0.05, 0.1) is 6.61 Å². The zero-order valence-electron chi connectivity index (χ0n) is 13.2. The van der Waals surface area contributed by atoms with Gasteiger partial charge in [-0.15, -0.1) is 0 Å². The van der Waals surface area contributed by atoms with Crippen molar-refractivity contribution in [1.29, 1.82) is 0 Å². The number of benzene rings is 2. The third-order valence-electron chi connectivity index (χ3n) is 3.76. The van der Waals surface area contributed by atoms with E-state index >= 15 is 0 Å². The van der Waals surface area contributed by atoms with Crippen molar-refractivity contribution in [3.63, 3.8) is 0 Å². The van der Waals surface area contributed by atoms with Gasteiger partial charge >= 0.3 is 0 Å². The van der Waals surface area contributed by atoms with Crippen LogP contribution in [0.2, 0.25) is 0 Å². The van der Waals surface area contributed by atoms with Crippen LogP contribution in [-0.4, -0.2) is 6.61 Å². The van der Waals surface area contributed by atoms with Crippen LogP contribution in [0.15, 0.2) is 48.5 Å². The lowest BCUT2D eigenvalue weighted by Gasteiger charge is -2.16. The predicted octanol–water partition coefficient (Wildman–Crippen LogP) is 4.38. The van der Waals surface area contributed by atoms with Crippen molar-refractivity contribution in [1.82, 2.24) is 5.32 Å². The van der Waals surface area contributed by atoms with Gasteiger partial charge in [0.15, 0.2) is 0 Å². The second kappa shape index (κ2) is 7.96. The van der Waals surface area contributed by atoms with Crippen LogP contribution in [0.4, 0.5) is 0 Å². The van der Waals surface area contributed by atoms with Crippen LogP contribution in [0.25, 0.3) is 0 Å². The average Bonchev–Trinajstić information content (AvgIpc) is 2.52. The van der Waals surface area contributed by atoms with Gasteiger partial charge < -0.3 is 10.1 Å². The van der Waals surface area contributed by atoms with Crippen molar-refractivity contribution in [2.75, 3.05) is 6.61 Å². The molecule has 2 aromatic carbocycles. The summed E-state index contributed by atoms with van der Waals surface area (Å²) >= 11 is 0. The molecule has 1 N–H and O–H groups in total. The highest BCUT2D eigenvalue weighted by Crippen LogP contribution is 2.16. The summed E-state index contributed by atoms with van der Waals surface area (Å²) < 4.78 is 5.54. The summed E-state index contributed by atoms with van der Waals surface area (Å²) in [6, 6.07) is 17.5. The third kappa shape index (κ3) is 4.69. The van der Waals surface area contributed by atoms with E-state index < -0.39 is 0 Å². The molecule has 2 heteroatoms. The van der Waals surface area contributed by atoms with Gasteiger partial charge in [-0.3, -0.25) is 0 Å². The van der Waals surface area contributed by atoms with E-state index in [1.807, 2.05) is 6.92 Å². The molecule has 0 amide bonds. The minimum Gasteiger partial charge on any atom is -0.377 e. The van der Waals surface area contributed by atoms with Crippen LogP contribution >= 0.6 is 0 Å². The molecule has 0 saturated heterocycles. The number of rotatable bonds is 7. The minimum absolute atomic E-state index is 0.339. The number of aryl methyl sites for hydroxylation is 1. The quantitative estimate of drug-likeness (QED) is 0.814. The molecule has 0 aromatic heterocycles. The summed E-state index contributed by atoms with van der Waals surface area (Å²) in [5.74, 6) is 0. The van der Waals surface area contributed by atoms with E-state index in [0.29, 0.717) is 12.6 Å². The van der Waals surface area contributed by atoms with Gasteiger partial charge in [0.2, 0.25) is 0 Å². The van der Waals surface area contributed by atoms with E-state index in [4.69, 9.17) is 4.74 Å². The molecule has 0 heterocycles. The topological polar surface area (TPSA) is 21.3 Å². The summed E-state index contributed by atoms with van der Waals surface area (Å²) in [5.41, 5.74) is 5.20. The summed E-state index contributed by atoms with van der Waals surface area (Å²) in [5, 5.41) is 3.60. The molecule has 2 rings (SSSR count). The summed E-state index contributed by atoms with van der Waals surface area (Å²) in [6.07, 6.45) is 0. The number of hydrogen-bond donors (Lipinski definition) is 1. The van der Waals surface area contributed by atoms with Gasteiger partial charge in [0, 0.05) is 19.2 Å². The lowest BCUT2D eigenvalue weighted by atomic mass is 10.0. The van der Waals surface area contributed by atoms with Crippen LogP contribution in [0.1, 0.15) is 42.1 Å². The molecule has 0 aliphatic rings. The Labute approximate surface area is 128 Å². The smallest absolute Gasteiger partial charge is 0.0719 e. The molecule has 0 fully saturated rings. The Morgan fingerprint density at radius 3 is 2.33 bits per heavy atom. The van der Waals surface area contributed by atoms with E-state index in [0.717, 1.165) is 13.2 Å². The molecule has 0 bridgehead atoms. The predicted molar refractivity (Wildman–Crippen MR) is 88.2 cm³/mol. The Morgan fingerprint density at radius 2 is 1.67 bits per heavy atom. The fourth-order valence-corrected chi connectivity index (χ4v) is 2.32. The first kappa shape index (κ1) is 15.7. The summed E-state index contributed by atoms with van der Waals surface area (Å²) in [4.78, 5) is 0. The maximum atomic E-state index is 5.54. The molecular formula is C19H25NO. The van der Waals surface area contributed by atoms with Gasteiger partial charge in [-0.1, -0.05) is 54.1 Å². The number of ether oxygens (including phenoxy) is 1. The Balaban J connectivity index is 1.97. The Bertz CT molecular complexity index is 548. The van der Waals surface area contributed by atoms with Crippen LogP contribution in [0.3, 0.4) is 0 Å². The van der Waals surface area contributed by atoms with E-state index in [2.05, 4.69) is 67.7 Å². The highest BCUT2D eigenvalue weighted by Gasteiger charge is 2.06. The van der Waals surface area contributed by atoms with Gasteiger partial charge in [-0.2, -0.15) is 0 Å². The fraction of sp³-hybridized carbons (Fsp3) is 0.368. The molecule has 112 valence electrons. The average molecular weight is 283 g/mol. The number of hydrogen-bond acceptors (Lipinski definition) is 2. The zero-order valence-corrected chi connectivity index (χ0v) is 13.2. The summed E-state index contributed by atoms with van der Waals surface area (Å²) in [6.45, 7) is 8.65. The second-order valence-electron chi connectivity index (χ2n) is 5.42. The Kier molecular flexibility index (Phi) is 5.97. The lowest BCUT2D eigenvalue weighted by Crippen LogP contribution is -2.19. The molecule has 0 radical (unpaired) electrons. The Hall–Kier alpha value is -1.64. The monoisotopic (exact) mass is 283 g/mol. The molecule has 2 nitrogen and oxygen atoms in total. The van der Waals surface area contributed by atoms with Crippen molar-refractivity contribution in [3.05, 3.63) is 70.8 Å². The van der Waals surface area contributed by atoms with Crippen molar-refractivity contribution >= 4 is 0 Å². The maximum Gasteiger partial charge on any atom is 0.0719 e. The molecule has 0 aliphatic heterocycles. The largest absolute Gasteiger partial charge is 0.377 e. The molecule has 0 spiro atoms. The normalized spacial score (nSPS) is 12.3. The standard InChI is InChI=1S/C19H25NO/c1-4-21-14-19-8-6-5-7-18(19)13-20-16(3)17-11-9-15(2)10-12-17/h5-12,16,20H,4,13-14H2,1-3H3. The van der Waals surface area contributed by atoms with Crippen LogP contribution in [0, 0.1) is 6.92 Å². The van der Waals surface area contributed by atoms with Crippen molar-refractivity contribution < 1.29 is 4.74 Å². The van der Waals surface area contributed by atoms with Crippen LogP contribution < -0.4 is 5.32 Å². The van der Waals surface area contributed by atoms with Crippen molar-refractivity contribution in [2.45, 2.75) is 40.0 Å². The highest BCUT2D eigenvalue weighted by atomic mass is 16.5. The van der Waals surface area contributed by atoms with Crippen molar-refractivity contribution in [3.8, 4) is 0 Å². The van der Waals surface area contributed by atoms with E-state index in [1.54, 1.807) is 0 Å². The molecule has 0 saturated carbocycles. The molecular weight excluding hydrogens is 258 g/mol. The maximum absolute atomic E-state index is 5.54. The zero-order chi connectivity index (χ0) is 15.1. The van der Waals surface area contributed by atoms with Gasteiger partial charge in [-0.05, 0) is 37.5 Å². The molecule has 1 unspecified atom stereocenters. The molecule has 1 atom stereocenters. The Morgan fingerprint density at radius 1 is 1.00 bits per heavy atom. The first-order valence-corrected chi connectivity index (χ1v) is 7.65. The SMILES string of the molecule is CCOCc1ccccc1CNC(C)c1ccc(C)cc1. The van der Waals surface area contributed by atoms with E-state index in [-0.39, 0.29) is 0 Å². The van der Waals surface area contributed by atoms with Gasteiger partial charge in [0.1, 0.15) is 0 Å². The number of nitrogens with one attached hydrogen (secondary N) is 1. The summed E-state index contributed by atoms with van der Waals surface area (Å²) in [7, 11) is 0. The molecule has 0 aliphatic carbocycles.